The van der Waals surface area contributed by atoms with Crippen molar-refractivity contribution in [3.8, 4) is 11.5 Å². The van der Waals surface area contributed by atoms with Gasteiger partial charge in [-0.2, -0.15) is 0 Å². The lowest BCUT2D eigenvalue weighted by Gasteiger charge is -2.26. The molecule has 0 aliphatic carbocycles. The van der Waals surface area contributed by atoms with Gasteiger partial charge >= 0.3 is 0 Å². The van der Waals surface area contributed by atoms with Crippen LogP contribution in [0, 0.1) is 0 Å². The number of methoxy groups -OCH3 is 2. The van der Waals surface area contributed by atoms with Crippen LogP contribution in [0.3, 0.4) is 0 Å². The molecule has 4 rings (SSSR count). The summed E-state index contributed by atoms with van der Waals surface area (Å²) in [6.07, 6.45) is 1.01. The zero-order valence-electron chi connectivity index (χ0n) is 13.3. The van der Waals surface area contributed by atoms with Crippen LogP contribution in [-0.2, 0) is 6.42 Å². The molecule has 0 radical (unpaired) electrons. The molecule has 0 fully saturated rings. The third-order valence-electron chi connectivity index (χ3n) is 4.61. The molecule has 1 aromatic heterocycles. The van der Waals surface area contributed by atoms with Gasteiger partial charge in [-0.25, -0.2) is 0 Å². The molecule has 2 aromatic carbocycles. The van der Waals surface area contributed by atoms with Crippen LogP contribution in [0.2, 0.25) is 0 Å². The Bertz CT molecular complexity index is 854. The molecule has 0 saturated heterocycles. The second kappa shape index (κ2) is 5.63. The topological polar surface area (TPSA) is 46.3 Å². The van der Waals surface area contributed by atoms with Gasteiger partial charge in [0.1, 0.15) is 11.5 Å². The first-order chi connectivity index (χ1) is 11.3. The average Bonchev–Trinajstić information content (AvgIpc) is 2.99. The highest BCUT2D eigenvalue weighted by molar-refractivity contribution is 5.86. The molecular formula is C19H20N2O2. The Balaban J connectivity index is 1.88. The zero-order chi connectivity index (χ0) is 15.8. The molecule has 0 amide bonds. The summed E-state index contributed by atoms with van der Waals surface area (Å²) in [5, 5.41) is 4.86. The summed E-state index contributed by atoms with van der Waals surface area (Å²) in [5.74, 6) is 1.81. The van der Waals surface area contributed by atoms with E-state index in [9.17, 15) is 0 Å². The third kappa shape index (κ3) is 2.26. The fourth-order valence-electron chi connectivity index (χ4n) is 3.50. The van der Waals surface area contributed by atoms with E-state index in [1.54, 1.807) is 14.2 Å². The minimum Gasteiger partial charge on any atom is -0.497 e. The summed E-state index contributed by atoms with van der Waals surface area (Å²) in [5.41, 5.74) is 4.91. The monoisotopic (exact) mass is 308 g/mol. The first kappa shape index (κ1) is 14.2. The van der Waals surface area contributed by atoms with Crippen molar-refractivity contribution in [2.75, 3.05) is 20.8 Å². The first-order valence-corrected chi connectivity index (χ1v) is 7.86. The van der Waals surface area contributed by atoms with Gasteiger partial charge in [0, 0.05) is 28.7 Å². The average molecular weight is 308 g/mol. The van der Waals surface area contributed by atoms with E-state index in [2.05, 4.69) is 34.6 Å². The molecule has 0 saturated carbocycles. The van der Waals surface area contributed by atoms with Crippen molar-refractivity contribution in [1.29, 1.82) is 0 Å². The normalized spacial score (nSPS) is 17.0. The van der Waals surface area contributed by atoms with E-state index in [1.807, 2.05) is 18.2 Å². The standard InChI is InChI=1S/C19H20N2O2/c1-22-12-7-8-16-15(11-12)13-9-10-20-18(19(13)21-16)14-5-3-4-6-17(14)23-2/h3-8,11,18,20-21H,9-10H2,1-2H3. The predicted octanol–water partition coefficient (Wildman–Crippen LogP) is 3.42. The minimum absolute atomic E-state index is 0.119. The molecule has 1 unspecified atom stereocenters. The van der Waals surface area contributed by atoms with E-state index in [1.165, 1.54) is 16.6 Å². The Morgan fingerprint density at radius 3 is 2.74 bits per heavy atom. The summed E-state index contributed by atoms with van der Waals surface area (Å²) < 4.78 is 10.9. The second-order valence-electron chi connectivity index (χ2n) is 5.81. The molecule has 118 valence electrons. The van der Waals surface area contributed by atoms with Crippen molar-refractivity contribution in [3.05, 3.63) is 59.3 Å². The van der Waals surface area contributed by atoms with E-state index in [4.69, 9.17) is 9.47 Å². The number of benzene rings is 2. The van der Waals surface area contributed by atoms with Crippen molar-refractivity contribution in [3.63, 3.8) is 0 Å². The molecule has 4 heteroatoms. The highest BCUT2D eigenvalue weighted by atomic mass is 16.5. The van der Waals surface area contributed by atoms with E-state index < -0.39 is 0 Å². The molecule has 23 heavy (non-hydrogen) atoms. The van der Waals surface area contributed by atoms with E-state index in [0.29, 0.717) is 0 Å². The molecule has 1 aliphatic heterocycles. The molecule has 2 heterocycles. The van der Waals surface area contributed by atoms with Crippen LogP contribution in [0.1, 0.15) is 22.9 Å². The van der Waals surface area contributed by atoms with Crippen molar-refractivity contribution in [2.45, 2.75) is 12.5 Å². The van der Waals surface area contributed by atoms with Gasteiger partial charge in [0.2, 0.25) is 0 Å². The summed E-state index contributed by atoms with van der Waals surface area (Å²) >= 11 is 0. The van der Waals surface area contributed by atoms with Crippen LogP contribution in [0.15, 0.2) is 42.5 Å². The second-order valence-corrected chi connectivity index (χ2v) is 5.81. The van der Waals surface area contributed by atoms with Crippen LogP contribution in [0.4, 0.5) is 0 Å². The molecule has 0 bridgehead atoms. The minimum atomic E-state index is 0.119. The number of nitrogens with one attached hydrogen (secondary N) is 2. The Kier molecular flexibility index (Phi) is 3.46. The van der Waals surface area contributed by atoms with Crippen molar-refractivity contribution >= 4 is 10.9 Å². The Morgan fingerprint density at radius 2 is 1.91 bits per heavy atom. The maximum atomic E-state index is 5.55. The van der Waals surface area contributed by atoms with Crippen LogP contribution in [-0.4, -0.2) is 25.7 Å². The Hall–Kier alpha value is -2.46. The van der Waals surface area contributed by atoms with Gasteiger partial charge in [-0.1, -0.05) is 18.2 Å². The molecule has 3 aromatic rings. The zero-order valence-corrected chi connectivity index (χ0v) is 13.3. The van der Waals surface area contributed by atoms with Gasteiger partial charge in [-0.15, -0.1) is 0 Å². The van der Waals surface area contributed by atoms with Gasteiger partial charge in [-0.3, -0.25) is 0 Å². The number of hydrogen-bond donors (Lipinski definition) is 2. The number of aromatic nitrogens is 1. The van der Waals surface area contributed by atoms with Gasteiger partial charge in [0.05, 0.1) is 20.3 Å². The SMILES string of the molecule is COc1ccc2[nH]c3c(c2c1)CCNC3c1ccccc1OC. The molecule has 0 spiro atoms. The highest BCUT2D eigenvalue weighted by Gasteiger charge is 2.27. The van der Waals surface area contributed by atoms with Crippen LogP contribution < -0.4 is 14.8 Å². The molecule has 1 aliphatic rings. The number of ether oxygens (including phenoxy) is 2. The maximum Gasteiger partial charge on any atom is 0.124 e. The molecular weight excluding hydrogens is 288 g/mol. The Labute approximate surface area is 135 Å². The number of H-pyrrole nitrogens is 1. The van der Waals surface area contributed by atoms with Crippen LogP contribution in [0.25, 0.3) is 10.9 Å². The fourth-order valence-corrected chi connectivity index (χ4v) is 3.50. The first-order valence-electron chi connectivity index (χ1n) is 7.86. The Morgan fingerprint density at radius 1 is 1.04 bits per heavy atom. The van der Waals surface area contributed by atoms with Crippen LogP contribution in [0.5, 0.6) is 11.5 Å². The molecule has 4 nitrogen and oxygen atoms in total. The van der Waals surface area contributed by atoms with E-state index >= 15 is 0 Å². The largest absolute Gasteiger partial charge is 0.497 e. The number of fused-ring (bicyclic) bond motifs is 3. The maximum absolute atomic E-state index is 5.55. The van der Waals surface area contributed by atoms with Gasteiger partial charge in [0.25, 0.3) is 0 Å². The quantitative estimate of drug-likeness (QED) is 0.779. The lowest BCUT2D eigenvalue weighted by Crippen LogP contribution is -2.30. The van der Waals surface area contributed by atoms with Crippen molar-refractivity contribution < 1.29 is 9.47 Å². The summed E-state index contributed by atoms with van der Waals surface area (Å²) in [7, 11) is 3.43. The fraction of sp³-hybridized carbons (Fsp3) is 0.263. The third-order valence-corrected chi connectivity index (χ3v) is 4.61. The highest BCUT2D eigenvalue weighted by Crippen LogP contribution is 2.37. The number of rotatable bonds is 3. The summed E-state index contributed by atoms with van der Waals surface area (Å²) in [4.78, 5) is 3.59. The summed E-state index contributed by atoms with van der Waals surface area (Å²) in [6, 6.07) is 14.5. The van der Waals surface area contributed by atoms with E-state index in [-0.39, 0.29) is 6.04 Å². The lowest BCUT2D eigenvalue weighted by atomic mass is 9.94. The van der Waals surface area contributed by atoms with E-state index in [0.717, 1.165) is 35.5 Å². The molecule has 2 N–H and O–H groups in total. The van der Waals surface area contributed by atoms with Crippen molar-refractivity contribution in [1.82, 2.24) is 10.3 Å². The summed E-state index contributed by atoms with van der Waals surface area (Å²) in [6.45, 7) is 0.944. The number of hydrogen-bond acceptors (Lipinski definition) is 3. The van der Waals surface area contributed by atoms with Crippen LogP contribution >= 0.6 is 0 Å². The molecule has 1 atom stereocenters. The number of aromatic amines is 1. The van der Waals surface area contributed by atoms with Gasteiger partial charge in [-0.05, 0) is 36.2 Å². The van der Waals surface area contributed by atoms with Crippen molar-refractivity contribution in [2.24, 2.45) is 0 Å². The lowest BCUT2D eigenvalue weighted by molar-refractivity contribution is 0.402. The number of para-hydroxylation sites is 1. The van der Waals surface area contributed by atoms with Gasteiger partial charge < -0.3 is 19.8 Å². The predicted molar refractivity (Wildman–Crippen MR) is 91.4 cm³/mol. The van der Waals surface area contributed by atoms with Gasteiger partial charge in [0.15, 0.2) is 0 Å². The smallest absolute Gasteiger partial charge is 0.124 e.